The normalized spacial score (nSPS) is 10.0. The van der Waals surface area contributed by atoms with Gasteiger partial charge in [-0.05, 0) is 6.92 Å². The highest BCUT2D eigenvalue weighted by Crippen LogP contribution is 2.28. The number of thiazole rings is 1. The Morgan fingerprint density at radius 2 is 2.43 bits per heavy atom. The van der Waals surface area contributed by atoms with Crippen LogP contribution >= 0.6 is 11.3 Å². The van der Waals surface area contributed by atoms with Crippen LogP contribution in [0.25, 0.3) is 10.4 Å². The fourth-order valence-electron chi connectivity index (χ4n) is 1.12. The Morgan fingerprint density at radius 3 is 3.07 bits per heavy atom. The Balaban J connectivity index is 2.35. The van der Waals surface area contributed by atoms with Crippen LogP contribution in [0.4, 0.5) is 0 Å². The maximum absolute atomic E-state index is 8.50. The molecule has 0 amide bonds. The molecule has 0 spiro atoms. The highest BCUT2D eigenvalue weighted by atomic mass is 32.1. The van der Waals surface area contributed by atoms with Gasteiger partial charge in [0.25, 0.3) is 0 Å². The summed E-state index contributed by atoms with van der Waals surface area (Å²) in [7, 11) is 0. The number of hydrogen-bond donors (Lipinski definition) is 0. The molecular formula is C9H7N3OS. The number of hydrogen-bond acceptors (Lipinski definition) is 5. The van der Waals surface area contributed by atoms with Crippen molar-refractivity contribution >= 4 is 11.3 Å². The number of nitriles is 1. The first-order chi connectivity index (χ1) is 6.81. The molecule has 14 heavy (non-hydrogen) atoms. The minimum atomic E-state index is 0.356. The first-order valence-corrected chi connectivity index (χ1v) is 4.86. The van der Waals surface area contributed by atoms with Gasteiger partial charge in [-0.15, -0.1) is 11.3 Å². The lowest BCUT2D eigenvalue weighted by molar-refractivity contribution is 0.398. The smallest absolute Gasteiger partial charge is 0.142 e. The Bertz CT molecular complexity index is 480. The molecule has 0 unspecified atom stereocenters. The average Bonchev–Trinajstić information content (AvgIpc) is 2.74. The monoisotopic (exact) mass is 205 g/mol. The van der Waals surface area contributed by atoms with Gasteiger partial charge in [0.1, 0.15) is 10.8 Å². The zero-order valence-corrected chi connectivity index (χ0v) is 8.34. The van der Waals surface area contributed by atoms with Crippen LogP contribution in [-0.2, 0) is 6.42 Å². The summed E-state index contributed by atoms with van der Waals surface area (Å²) in [6.07, 6.45) is 3.77. The number of aromatic nitrogens is 2. The van der Waals surface area contributed by atoms with Crippen molar-refractivity contribution in [1.82, 2.24) is 10.1 Å². The van der Waals surface area contributed by atoms with Crippen molar-refractivity contribution in [3.05, 3.63) is 23.2 Å². The zero-order chi connectivity index (χ0) is 9.97. The summed E-state index contributed by atoms with van der Waals surface area (Å²) in [5.74, 6) is 0.775. The molecule has 2 aromatic heterocycles. The third-order valence-corrected chi connectivity index (χ3v) is 2.83. The second kappa shape index (κ2) is 3.60. The maximum atomic E-state index is 8.50. The second-order valence-electron chi connectivity index (χ2n) is 2.75. The van der Waals surface area contributed by atoms with Crippen LogP contribution in [0, 0.1) is 18.3 Å². The molecule has 0 bridgehead atoms. The molecule has 5 heteroatoms. The molecule has 0 radical (unpaired) electrons. The molecule has 0 saturated heterocycles. The van der Waals surface area contributed by atoms with Gasteiger partial charge < -0.3 is 4.52 Å². The van der Waals surface area contributed by atoms with Gasteiger partial charge in [0.15, 0.2) is 0 Å². The average molecular weight is 205 g/mol. The van der Waals surface area contributed by atoms with E-state index in [9.17, 15) is 0 Å². The van der Waals surface area contributed by atoms with Gasteiger partial charge in [0, 0.05) is 6.20 Å². The van der Waals surface area contributed by atoms with E-state index in [0.29, 0.717) is 6.42 Å². The molecular weight excluding hydrogens is 198 g/mol. The SMILES string of the molecule is Cc1oncc1-c1cnc(CC#N)s1. The van der Waals surface area contributed by atoms with Crippen LogP contribution in [0.1, 0.15) is 10.8 Å². The van der Waals surface area contributed by atoms with Crippen LogP contribution in [0.3, 0.4) is 0 Å². The van der Waals surface area contributed by atoms with Crippen molar-refractivity contribution in [3.8, 4) is 16.5 Å². The van der Waals surface area contributed by atoms with Crippen LogP contribution < -0.4 is 0 Å². The van der Waals surface area contributed by atoms with E-state index in [1.54, 1.807) is 12.4 Å². The molecule has 0 N–H and O–H groups in total. The molecule has 0 aliphatic rings. The first-order valence-electron chi connectivity index (χ1n) is 4.04. The van der Waals surface area contributed by atoms with Crippen LogP contribution in [0.5, 0.6) is 0 Å². The van der Waals surface area contributed by atoms with Gasteiger partial charge >= 0.3 is 0 Å². The fraction of sp³-hybridized carbons (Fsp3) is 0.222. The van der Waals surface area contributed by atoms with Gasteiger partial charge in [0.05, 0.1) is 29.1 Å². The lowest BCUT2D eigenvalue weighted by Crippen LogP contribution is -1.74. The Labute approximate surface area is 84.8 Å². The minimum absolute atomic E-state index is 0.356. The summed E-state index contributed by atoms with van der Waals surface area (Å²) in [6.45, 7) is 1.85. The van der Waals surface area contributed by atoms with Crippen LogP contribution in [-0.4, -0.2) is 10.1 Å². The molecule has 0 aliphatic carbocycles. The molecule has 0 atom stereocenters. The van der Waals surface area contributed by atoms with Crippen molar-refractivity contribution in [2.75, 3.05) is 0 Å². The number of nitrogens with zero attached hydrogens (tertiary/aromatic N) is 3. The fourth-order valence-corrected chi connectivity index (χ4v) is 2.03. The van der Waals surface area contributed by atoms with Gasteiger partial charge in [-0.3, -0.25) is 0 Å². The van der Waals surface area contributed by atoms with E-state index in [2.05, 4.69) is 16.2 Å². The predicted molar refractivity (Wildman–Crippen MR) is 51.7 cm³/mol. The molecule has 0 aliphatic heterocycles. The van der Waals surface area contributed by atoms with Crippen molar-refractivity contribution in [2.24, 2.45) is 0 Å². The Kier molecular flexibility index (Phi) is 2.29. The zero-order valence-electron chi connectivity index (χ0n) is 7.52. The van der Waals surface area contributed by atoms with Gasteiger partial charge in [-0.25, -0.2) is 4.98 Å². The van der Waals surface area contributed by atoms with E-state index in [-0.39, 0.29) is 0 Å². The summed E-state index contributed by atoms with van der Waals surface area (Å²) >= 11 is 1.50. The van der Waals surface area contributed by atoms with Crippen molar-refractivity contribution < 1.29 is 4.52 Å². The van der Waals surface area contributed by atoms with E-state index in [0.717, 1.165) is 21.2 Å². The van der Waals surface area contributed by atoms with Crippen molar-refractivity contribution in [1.29, 1.82) is 5.26 Å². The molecule has 2 aromatic rings. The van der Waals surface area contributed by atoms with Crippen molar-refractivity contribution in [2.45, 2.75) is 13.3 Å². The molecule has 4 nitrogen and oxygen atoms in total. The summed E-state index contributed by atoms with van der Waals surface area (Å²) in [5, 5.41) is 13.0. The predicted octanol–water partition coefficient (Wildman–Crippen LogP) is 2.17. The lowest BCUT2D eigenvalue weighted by Gasteiger charge is -1.88. The van der Waals surface area contributed by atoms with Gasteiger partial charge in [-0.1, -0.05) is 5.16 Å². The van der Waals surface area contributed by atoms with E-state index >= 15 is 0 Å². The summed E-state index contributed by atoms with van der Waals surface area (Å²) in [6, 6.07) is 2.07. The largest absolute Gasteiger partial charge is 0.361 e. The van der Waals surface area contributed by atoms with E-state index in [1.165, 1.54) is 11.3 Å². The molecule has 70 valence electrons. The summed E-state index contributed by atoms with van der Waals surface area (Å²) < 4.78 is 4.95. The maximum Gasteiger partial charge on any atom is 0.142 e. The quantitative estimate of drug-likeness (QED) is 0.753. The van der Waals surface area contributed by atoms with Gasteiger partial charge in [0.2, 0.25) is 0 Å². The van der Waals surface area contributed by atoms with Crippen LogP contribution in [0.15, 0.2) is 16.9 Å². The minimum Gasteiger partial charge on any atom is -0.361 e. The lowest BCUT2D eigenvalue weighted by atomic mass is 10.2. The topological polar surface area (TPSA) is 62.7 Å². The summed E-state index contributed by atoms with van der Waals surface area (Å²) in [4.78, 5) is 5.12. The summed E-state index contributed by atoms with van der Waals surface area (Å²) in [5.41, 5.74) is 0.951. The number of rotatable bonds is 2. The van der Waals surface area contributed by atoms with E-state index in [4.69, 9.17) is 9.78 Å². The second-order valence-corrected chi connectivity index (χ2v) is 3.86. The van der Waals surface area contributed by atoms with Gasteiger partial charge in [-0.2, -0.15) is 5.26 Å². The molecule has 2 rings (SSSR count). The molecule has 0 aromatic carbocycles. The van der Waals surface area contributed by atoms with Crippen molar-refractivity contribution in [3.63, 3.8) is 0 Å². The highest BCUT2D eigenvalue weighted by Gasteiger charge is 2.09. The third-order valence-electron chi connectivity index (χ3n) is 1.80. The molecule has 2 heterocycles. The third kappa shape index (κ3) is 1.52. The number of aryl methyl sites for hydroxylation is 1. The van der Waals surface area contributed by atoms with E-state index < -0.39 is 0 Å². The molecule has 0 saturated carbocycles. The molecule has 0 fully saturated rings. The van der Waals surface area contributed by atoms with Crippen LogP contribution in [0.2, 0.25) is 0 Å². The first kappa shape index (κ1) is 8.91. The Morgan fingerprint density at radius 1 is 1.57 bits per heavy atom. The van der Waals surface area contributed by atoms with E-state index in [1.807, 2.05) is 6.92 Å². The Hall–Kier alpha value is -1.67. The highest BCUT2D eigenvalue weighted by molar-refractivity contribution is 7.15. The standard InChI is InChI=1S/C9H7N3OS/c1-6-7(4-12-13-6)8-5-11-9(14-8)2-3-10/h4-5H,2H2,1H3.